The molecule has 0 aliphatic rings. The van der Waals surface area contributed by atoms with E-state index in [9.17, 15) is 4.79 Å². The van der Waals surface area contributed by atoms with Gasteiger partial charge in [0.1, 0.15) is 5.75 Å². The minimum atomic E-state index is -0.312. The van der Waals surface area contributed by atoms with E-state index in [1.54, 1.807) is 24.4 Å². The highest BCUT2D eigenvalue weighted by Gasteiger charge is 2.14. The molecule has 0 saturated heterocycles. The molecular weight excluding hydrogens is 593 g/mol. The summed E-state index contributed by atoms with van der Waals surface area (Å²) in [6.45, 7) is 2.74. The lowest BCUT2D eigenvalue weighted by atomic mass is 10.1. The van der Waals surface area contributed by atoms with E-state index in [-0.39, 0.29) is 29.4 Å². The standard InChI is InChI=1S/C28H22Cl3N5O3S/c1-17-22(21-4-2-3-5-24(21)36(17)14-18-6-8-19(29)9-7-18)13-32-33-26(37)16-40-28-35-34-27(39-28)15-38-25-11-10-20(30)12-23(25)31/h2-13H,14-16H2,1H3,(H,33,37)/b32-13-. The van der Waals surface area contributed by atoms with Crippen molar-refractivity contribution >= 4 is 69.6 Å². The van der Waals surface area contributed by atoms with Crippen LogP contribution in [0.5, 0.6) is 5.75 Å². The molecule has 204 valence electrons. The van der Waals surface area contributed by atoms with Gasteiger partial charge in [-0.25, -0.2) is 5.43 Å². The van der Waals surface area contributed by atoms with Gasteiger partial charge in [0, 0.05) is 38.8 Å². The van der Waals surface area contributed by atoms with Gasteiger partial charge in [-0.1, -0.05) is 76.9 Å². The van der Waals surface area contributed by atoms with Crippen LogP contribution in [0.3, 0.4) is 0 Å². The van der Waals surface area contributed by atoms with E-state index < -0.39 is 0 Å². The number of halogens is 3. The highest BCUT2D eigenvalue weighted by molar-refractivity contribution is 7.99. The molecule has 12 heteroatoms. The van der Waals surface area contributed by atoms with Crippen LogP contribution in [-0.2, 0) is 17.9 Å². The van der Waals surface area contributed by atoms with Gasteiger partial charge in [-0.05, 0) is 48.9 Å². The van der Waals surface area contributed by atoms with Crippen molar-refractivity contribution in [2.75, 3.05) is 5.75 Å². The molecule has 0 fully saturated rings. The number of hydrogen-bond acceptors (Lipinski definition) is 7. The minimum absolute atomic E-state index is 0.0242. The van der Waals surface area contributed by atoms with Crippen molar-refractivity contribution < 1.29 is 13.9 Å². The zero-order valence-electron chi connectivity index (χ0n) is 21.1. The molecular formula is C28H22Cl3N5O3S. The summed E-state index contributed by atoms with van der Waals surface area (Å²) >= 11 is 19.1. The maximum absolute atomic E-state index is 12.4. The molecule has 40 heavy (non-hydrogen) atoms. The third kappa shape index (κ3) is 6.79. The second-order valence-corrected chi connectivity index (χ2v) is 10.8. The Morgan fingerprint density at radius 2 is 1.85 bits per heavy atom. The van der Waals surface area contributed by atoms with E-state index in [0.29, 0.717) is 27.4 Å². The number of amides is 1. The van der Waals surface area contributed by atoms with Gasteiger partial charge in [0.25, 0.3) is 17.0 Å². The summed E-state index contributed by atoms with van der Waals surface area (Å²) in [7, 11) is 0. The summed E-state index contributed by atoms with van der Waals surface area (Å²) in [6.07, 6.45) is 1.67. The maximum atomic E-state index is 12.4. The molecule has 5 aromatic rings. The monoisotopic (exact) mass is 613 g/mol. The van der Waals surface area contributed by atoms with Gasteiger partial charge in [0.2, 0.25) is 0 Å². The number of fused-ring (bicyclic) bond motifs is 1. The lowest BCUT2D eigenvalue weighted by molar-refractivity contribution is -0.118. The number of rotatable bonds is 10. The lowest BCUT2D eigenvalue weighted by Crippen LogP contribution is -2.19. The molecule has 2 heterocycles. The Balaban J connectivity index is 1.17. The zero-order chi connectivity index (χ0) is 28.1. The Bertz CT molecular complexity index is 1680. The van der Waals surface area contributed by atoms with Crippen LogP contribution < -0.4 is 10.2 Å². The summed E-state index contributed by atoms with van der Waals surface area (Å²) in [5.74, 6) is 0.421. The van der Waals surface area contributed by atoms with E-state index in [1.807, 2.05) is 49.4 Å². The van der Waals surface area contributed by atoms with E-state index >= 15 is 0 Å². The fraction of sp³-hybridized carbons (Fsp3) is 0.143. The van der Waals surface area contributed by atoms with Crippen LogP contribution in [0, 0.1) is 6.92 Å². The number of hydrogen-bond donors (Lipinski definition) is 1. The van der Waals surface area contributed by atoms with Gasteiger partial charge in [0.15, 0.2) is 6.61 Å². The van der Waals surface area contributed by atoms with E-state index in [0.717, 1.165) is 39.5 Å². The SMILES string of the molecule is Cc1c(/C=N\NC(=O)CSc2nnc(COc3ccc(Cl)cc3Cl)o2)c2ccccc2n1Cc1ccc(Cl)cc1. The first-order valence-electron chi connectivity index (χ1n) is 12.0. The van der Waals surface area contributed by atoms with E-state index in [4.69, 9.17) is 44.0 Å². The summed E-state index contributed by atoms with van der Waals surface area (Å²) in [4.78, 5) is 12.4. The van der Waals surface area contributed by atoms with Crippen molar-refractivity contribution in [1.82, 2.24) is 20.2 Å². The fourth-order valence-corrected chi connectivity index (χ4v) is 5.17. The van der Waals surface area contributed by atoms with Gasteiger partial charge in [-0.15, -0.1) is 10.2 Å². The number of aromatic nitrogens is 3. The second kappa shape index (κ2) is 12.8. The van der Waals surface area contributed by atoms with Gasteiger partial charge >= 0.3 is 0 Å². The molecule has 3 aromatic carbocycles. The Kier molecular flexibility index (Phi) is 8.96. The number of nitrogens with zero attached hydrogens (tertiary/aromatic N) is 4. The van der Waals surface area contributed by atoms with Crippen molar-refractivity contribution in [2.24, 2.45) is 5.10 Å². The van der Waals surface area contributed by atoms with Crippen LogP contribution >= 0.6 is 46.6 Å². The lowest BCUT2D eigenvalue weighted by Gasteiger charge is -2.09. The average Bonchev–Trinajstić information content (AvgIpc) is 3.51. The van der Waals surface area contributed by atoms with Crippen LogP contribution in [0.2, 0.25) is 15.1 Å². The number of nitrogens with one attached hydrogen (secondary N) is 1. The van der Waals surface area contributed by atoms with Crippen LogP contribution in [0.15, 0.2) is 81.5 Å². The number of thioether (sulfide) groups is 1. The predicted octanol–water partition coefficient (Wildman–Crippen LogP) is 7.16. The Hall–Kier alpha value is -3.50. The molecule has 0 atom stereocenters. The first-order chi connectivity index (χ1) is 19.4. The Morgan fingerprint density at radius 1 is 1.07 bits per heavy atom. The molecule has 0 bridgehead atoms. The first kappa shape index (κ1) is 28.0. The van der Waals surface area contributed by atoms with Crippen LogP contribution in [0.25, 0.3) is 10.9 Å². The third-order valence-corrected chi connectivity index (χ3v) is 7.54. The number of benzene rings is 3. The number of hydrazone groups is 1. The highest BCUT2D eigenvalue weighted by atomic mass is 35.5. The number of para-hydroxylation sites is 1. The Morgan fingerprint density at radius 3 is 2.65 bits per heavy atom. The molecule has 1 amide bonds. The van der Waals surface area contributed by atoms with E-state index in [2.05, 4.69) is 31.4 Å². The topological polar surface area (TPSA) is 94.5 Å². The van der Waals surface area contributed by atoms with Gasteiger partial charge in [-0.2, -0.15) is 5.10 Å². The summed E-state index contributed by atoms with van der Waals surface area (Å²) in [6, 6.07) is 20.8. The minimum Gasteiger partial charge on any atom is -0.482 e. The molecule has 0 radical (unpaired) electrons. The quantitative estimate of drug-likeness (QED) is 0.102. The van der Waals surface area contributed by atoms with Crippen molar-refractivity contribution in [3.05, 3.63) is 105 Å². The number of ether oxygens (including phenoxy) is 1. The van der Waals surface area contributed by atoms with Crippen molar-refractivity contribution in [2.45, 2.75) is 25.3 Å². The molecule has 2 aromatic heterocycles. The molecule has 0 aliphatic heterocycles. The highest BCUT2D eigenvalue weighted by Crippen LogP contribution is 2.29. The molecule has 0 saturated carbocycles. The largest absolute Gasteiger partial charge is 0.482 e. The summed E-state index contributed by atoms with van der Waals surface area (Å²) in [5, 5.41) is 14.9. The third-order valence-electron chi connectivity index (χ3n) is 5.94. The normalized spacial score (nSPS) is 11.4. The van der Waals surface area contributed by atoms with Crippen molar-refractivity contribution in [3.8, 4) is 5.75 Å². The molecule has 0 spiro atoms. The number of carbonyl (C=O) groups excluding carboxylic acids is 1. The van der Waals surface area contributed by atoms with Crippen LogP contribution in [0.4, 0.5) is 0 Å². The van der Waals surface area contributed by atoms with Crippen molar-refractivity contribution in [3.63, 3.8) is 0 Å². The van der Waals surface area contributed by atoms with E-state index in [1.165, 1.54) is 0 Å². The molecule has 0 unspecified atom stereocenters. The second-order valence-electron chi connectivity index (χ2n) is 8.64. The fourth-order valence-electron chi connectivity index (χ4n) is 4.01. The average molecular weight is 615 g/mol. The smallest absolute Gasteiger partial charge is 0.277 e. The first-order valence-corrected chi connectivity index (χ1v) is 14.2. The molecule has 5 rings (SSSR count). The summed E-state index contributed by atoms with van der Waals surface area (Å²) in [5.41, 5.74) is 6.74. The Labute approximate surface area is 249 Å². The van der Waals surface area contributed by atoms with Gasteiger partial charge in [-0.3, -0.25) is 4.79 Å². The predicted molar refractivity (Wildman–Crippen MR) is 159 cm³/mol. The summed E-state index contributed by atoms with van der Waals surface area (Å²) < 4.78 is 13.3. The maximum Gasteiger partial charge on any atom is 0.277 e. The van der Waals surface area contributed by atoms with Crippen molar-refractivity contribution in [1.29, 1.82) is 0 Å². The van der Waals surface area contributed by atoms with Gasteiger partial charge in [0.05, 0.1) is 17.0 Å². The zero-order valence-corrected chi connectivity index (χ0v) is 24.2. The number of carbonyl (C=O) groups is 1. The van der Waals surface area contributed by atoms with Gasteiger partial charge < -0.3 is 13.7 Å². The van der Waals surface area contributed by atoms with Crippen LogP contribution in [-0.4, -0.2) is 32.6 Å². The van der Waals surface area contributed by atoms with Crippen LogP contribution in [0.1, 0.15) is 22.7 Å². The molecule has 1 N–H and O–H groups in total. The molecule has 0 aliphatic carbocycles. The molecule has 8 nitrogen and oxygen atoms in total.